The van der Waals surface area contributed by atoms with Crippen LogP contribution in [0, 0.1) is 12.7 Å². The van der Waals surface area contributed by atoms with E-state index in [1.807, 2.05) is 6.07 Å². The molecule has 20 heavy (non-hydrogen) atoms. The van der Waals surface area contributed by atoms with Crippen LogP contribution in [0.3, 0.4) is 0 Å². The minimum absolute atomic E-state index is 0.208. The smallest absolute Gasteiger partial charge is 0.125 e. The van der Waals surface area contributed by atoms with Crippen LogP contribution in [-0.4, -0.2) is 19.6 Å². The Kier molecular flexibility index (Phi) is 4.99. The second-order valence-electron chi connectivity index (χ2n) is 4.85. The van der Waals surface area contributed by atoms with Crippen LogP contribution < -0.4 is 10.2 Å². The number of likely N-dealkylation sites (N-methyl/N-ethyl adjacent to an activating group) is 1. The number of rotatable bonds is 6. The molecular weight excluding hydrogens is 251 g/mol. The molecule has 0 saturated heterocycles. The van der Waals surface area contributed by atoms with Crippen molar-refractivity contribution < 1.29 is 4.39 Å². The Morgan fingerprint density at radius 2 is 1.85 bits per heavy atom. The first-order valence-electron chi connectivity index (χ1n) is 7.00. The van der Waals surface area contributed by atoms with Crippen LogP contribution in [0.4, 0.5) is 15.8 Å². The molecule has 106 valence electrons. The van der Waals surface area contributed by atoms with Crippen molar-refractivity contribution in [1.82, 2.24) is 0 Å². The van der Waals surface area contributed by atoms with Crippen molar-refractivity contribution in [3.05, 3.63) is 59.9 Å². The number of aryl methyl sites for hydroxylation is 1. The third-order valence-electron chi connectivity index (χ3n) is 3.32. The van der Waals surface area contributed by atoms with Crippen LogP contribution in [0.15, 0.2) is 48.5 Å². The average molecular weight is 272 g/mol. The van der Waals surface area contributed by atoms with Crippen LogP contribution in [-0.2, 0) is 0 Å². The van der Waals surface area contributed by atoms with Gasteiger partial charge < -0.3 is 10.2 Å². The highest BCUT2D eigenvalue weighted by molar-refractivity contribution is 5.48. The van der Waals surface area contributed by atoms with E-state index in [0.717, 1.165) is 25.3 Å². The third kappa shape index (κ3) is 3.98. The van der Waals surface area contributed by atoms with E-state index >= 15 is 0 Å². The number of halogens is 1. The average Bonchev–Trinajstić information content (AvgIpc) is 2.45. The van der Waals surface area contributed by atoms with Crippen molar-refractivity contribution in [2.24, 2.45) is 0 Å². The summed E-state index contributed by atoms with van der Waals surface area (Å²) >= 11 is 0. The Morgan fingerprint density at radius 3 is 2.50 bits per heavy atom. The summed E-state index contributed by atoms with van der Waals surface area (Å²) in [6.45, 7) is 6.85. The number of anilines is 2. The van der Waals surface area contributed by atoms with Gasteiger partial charge >= 0.3 is 0 Å². The van der Waals surface area contributed by atoms with Crippen molar-refractivity contribution in [1.29, 1.82) is 0 Å². The van der Waals surface area contributed by atoms with Gasteiger partial charge in [0.1, 0.15) is 5.82 Å². The summed E-state index contributed by atoms with van der Waals surface area (Å²) < 4.78 is 13.1. The summed E-state index contributed by atoms with van der Waals surface area (Å²) in [5, 5.41) is 3.25. The molecule has 1 N–H and O–H groups in total. The van der Waals surface area contributed by atoms with Crippen molar-refractivity contribution in [3.63, 3.8) is 0 Å². The molecule has 0 heterocycles. The summed E-state index contributed by atoms with van der Waals surface area (Å²) in [4.78, 5) is 2.30. The van der Waals surface area contributed by atoms with E-state index < -0.39 is 0 Å². The van der Waals surface area contributed by atoms with Crippen molar-refractivity contribution in [3.8, 4) is 0 Å². The van der Waals surface area contributed by atoms with Gasteiger partial charge in [-0.15, -0.1) is 0 Å². The lowest BCUT2D eigenvalue weighted by atomic mass is 10.2. The lowest BCUT2D eigenvalue weighted by Gasteiger charge is -2.23. The van der Waals surface area contributed by atoms with Gasteiger partial charge in [-0.25, -0.2) is 4.39 Å². The van der Waals surface area contributed by atoms with Crippen LogP contribution >= 0.6 is 0 Å². The van der Waals surface area contributed by atoms with Crippen molar-refractivity contribution >= 4 is 11.4 Å². The molecule has 0 aliphatic rings. The normalized spacial score (nSPS) is 10.3. The summed E-state index contributed by atoms with van der Waals surface area (Å²) in [7, 11) is 0. The molecule has 2 aromatic rings. The molecule has 0 bridgehead atoms. The monoisotopic (exact) mass is 272 g/mol. The standard InChI is InChI=1S/C17H21FN2/c1-3-20(17-9-7-14(2)8-10-17)12-11-19-16-6-4-5-15(18)13-16/h4-10,13,19H,3,11-12H2,1-2H3. The van der Waals surface area contributed by atoms with Gasteiger partial charge in [0.25, 0.3) is 0 Å². The zero-order valence-corrected chi connectivity index (χ0v) is 12.1. The van der Waals surface area contributed by atoms with Crippen molar-refractivity contribution in [2.45, 2.75) is 13.8 Å². The summed E-state index contributed by atoms with van der Waals surface area (Å²) in [5.74, 6) is -0.208. The Balaban J connectivity index is 1.89. The van der Waals surface area contributed by atoms with E-state index in [1.54, 1.807) is 6.07 Å². The molecule has 0 spiro atoms. The van der Waals surface area contributed by atoms with Crippen LogP contribution in [0.25, 0.3) is 0 Å². The topological polar surface area (TPSA) is 15.3 Å². The zero-order valence-electron chi connectivity index (χ0n) is 12.1. The molecule has 2 nitrogen and oxygen atoms in total. The minimum atomic E-state index is -0.208. The lowest BCUT2D eigenvalue weighted by molar-refractivity contribution is 0.628. The summed E-state index contributed by atoms with van der Waals surface area (Å²) in [6, 6.07) is 15.1. The molecule has 0 atom stereocenters. The molecule has 0 aromatic heterocycles. The quantitative estimate of drug-likeness (QED) is 0.852. The number of hydrogen-bond donors (Lipinski definition) is 1. The fourth-order valence-electron chi connectivity index (χ4n) is 2.16. The second kappa shape index (κ2) is 6.94. The van der Waals surface area contributed by atoms with E-state index in [4.69, 9.17) is 0 Å². The molecule has 3 heteroatoms. The summed E-state index contributed by atoms with van der Waals surface area (Å²) in [6.07, 6.45) is 0. The molecule has 2 aromatic carbocycles. The SMILES string of the molecule is CCN(CCNc1cccc(F)c1)c1ccc(C)cc1. The van der Waals surface area contributed by atoms with Gasteiger partial charge in [0.05, 0.1) is 0 Å². The molecule has 0 aliphatic carbocycles. The maximum Gasteiger partial charge on any atom is 0.125 e. The first-order valence-corrected chi connectivity index (χ1v) is 7.00. The number of benzene rings is 2. The van der Waals surface area contributed by atoms with E-state index in [2.05, 4.69) is 48.3 Å². The molecule has 0 fully saturated rings. The molecule has 0 saturated carbocycles. The van der Waals surface area contributed by atoms with E-state index in [9.17, 15) is 4.39 Å². The molecule has 0 amide bonds. The fraction of sp³-hybridized carbons (Fsp3) is 0.294. The highest BCUT2D eigenvalue weighted by Gasteiger charge is 2.03. The van der Waals surface area contributed by atoms with Crippen LogP contribution in [0.2, 0.25) is 0 Å². The number of nitrogens with zero attached hydrogens (tertiary/aromatic N) is 1. The Labute approximate surface area is 120 Å². The van der Waals surface area contributed by atoms with Gasteiger partial charge in [0.2, 0.25) is 0 Å². The van der Waals surface area contributed by atoms with Crippen molar-refractivity contribution in [2.75, 3.05) is 29.9 Å². The predicted molar refractivity (Wildman–Crippen MR) is 84.0 cm³/mol. The molecule has 0 radical (unpaired) electrons. The first kappa shape index (κ1) is 14.4. The van der Waals surface area contributed by atoms with Gasteiger partial charge in [-0.1, -0.05) is 23.8 Å². The van der Waals surface area contributed by atoms with E-state index in [1.165, 1.54) is 23.4 Å². The third-order valence-corrected chi connectivity index (χ3v) is 3.32. The number of nitrogens with one attached hydrogen (secondary N) is 1. The molecule has 0 aliphatic heterocycles. The Morgan fingerprint density at radius 1 is 1.10 bits per heavy atom. The van der Waals surface area contributed by atoms with Gasteiger partial charge in [0, 0.05) is 31.0 Å². The maximum atomic E-state index is 13.1. The fourth-order valence-corrected chi connectivity index (χ4v) is 2.16. The highest BCUT2D eigenvalue weighted by atomic mass is 19.1. The summed E-state index contributed by atoms with van der Waals surface area (Å²) in [5.41, 5.74) is 3.31. The number of hydrogen-bond acceptors (Lipinski definition) is 2. The maximum absolute atomic E-state index is 13.1. The first-order chi connectivity index (χ1) is 9.69. The van der Waals surface area contributed by atoms with Crippen LogP contribution in [0.5, 0.6) is 0 Å². The van der Waals surface area contributed by atoms with E-state index in [0.29, 0.717) is 0 Å². The predicted octanol–water partition coefficient (Wildman–Crippen LogP) is 4.07. The Hall–Kier alpha value is -2.03. The van der Waals surface area contributed by atoms with E-state index in [-0.39, 0.29) is 5.82 Å². The highest BCUT2D eigenvalue weighted by Crippen LogP contribution is 2.15. The minimum Gasteiger partial charge on any atom is -0.383 e. The van der Waals surface area contributed by atoms with Gasteiger partial charge in [0.15, 0.2) is 0 Å². The zero-order chi connectivity index (χ0) is 14.4. The molecule has 0 unspecified atom stereocenters. The molecular formula is C17H21FN2. The van der Waals surface area contributed by atoms with Gasteiger partial charge in [-0.3, -0.25) is 0 Å². The molecule has 2 rings (SSSR count). The van der Waals surface area contributed by atoms with Gasteiger partial charge in [-0.05, 0) is 44.2 Å². The second-order valence-corrected chi connectivity index (χ2v) is 4.85. The largest absolute Gasteiger partial charge is 0.383 e. The van der Waals surface area contributed by atoms with Gasteiger partial charge in [-0.2, -0.15) is 0 Å². The Bertz CT molecular complexity index is 537. The van der Waals surface area contributed by atoms with Crippen LogP contribution in [0.1, 0.15) is 12.5 Å². The lowest BCUT2D eigenvalue weighted by Crippen LogP contribution is -2.28.